The first-order valence-electron chi connectivity index (χ1n) is 23.7. The molecule has 0 fully saturated rings. The molecule has 0 aromatic heterocycles. The number of phosphoric acid groups is 1. The van der Waals surface area contributed by atoms with E-state index in [9.17, 15) is 19.4 Å². The van der Waals surface area contributed by atoms with Gasteiger partial charge in [0.15, 0.2) is 0 Å². The molecule has 56 heavy (non-hydrogen) atoms. The number of nitrogens with zero attached hydrogens (tertiary/aromatic N) is 1. The van der Waals surface area contributed by atoms with Crippen LogP contribution in [0, 0.1) is 0 Å². The second-order valence-electron chi connectivity index (χ2n) is 17.5. The summed E-state index contributed by atoms with van der Waals surface area (Å²) in [6, 6.07) is -0.857. The Bertz CT molecular complexity index is 969. The minimum absolute atomic E-state index is 0.0582. The number of nitrogens with one attached hydrogen (secondary N) is 1. The zero-order chi connectivity index (χ0) is 41.4. The number of phosphoric ester groups is 1. The summed E-state index contributed by atoms with van der Waals surface area (Å²) >= 11 is 0. The summed E-state index contributed by atoms with van der Waals surface area (Å²) in [6.45, 7) is 4.80. The maximum absolute atomic E-state index is 12.9. The van der Waals surface area contributed by atoms with Crippen LogP contribution in [0.1, 0.15) is 219 Å². The first-order chi connectivity index (χ1) is 27.0. The molecule has 0 aliphatic heterocycles. The largest absolute Gasteiger partial charge is 0.472 e. The molecular weight excluding hydrogens is 719 g/mol. The van der Waals surface area contributed by atoms with Gasteiger partial charge >= 0.3 is 7.82 Å². The number of allylic oxidation sites excluding steroid dienone is 3. The van der Waals surface area contributed by atoms with Gasteiger partial charge < -0.3 is 19.8 Å². The van der Waals surface area contributed by atoms with E-state index in [1.54, 1.807) is 6.08 Å². The second kappa shape index (κ2) is 39.4. The van der Waals surface area contributed by atoms with E-state index in [0.29, 0.717) is 17.4 Å². The van der Waals surface area contributed by atoms with Crippen LogP contribution in [0.2, 0.25) is 0 Å². The summed E-state index contributed by atoms with van der Waals surface area (Å²) in [5, 5.41) is 13.8. The van der Waals surface area contributed by atoms with Gasteiger partial charge in [0, 0.05) is 6.42 Å². The van der Waals surface area contributed by atoms with Crippen LogP contribution in [0.5, 0.6) is 0 Å². The molecular formula is C47H94N2O6P+. The molecule has 0 aliphatic carbocycles. The normalized spacial score (nSPS) is 14.5. The van der Waals surface area contributed by atoms with Crippen molar-refractivity contribution >= 4 is 13.7 Å². The third kappa shape index (κ3) is 41.2. The van der Waals surface area contributed by atoms with E-state index in [1.165, 1.54) is 161 Å². The fourth-order valence-electron chi connectivity index (χ4n) is 6.88. The number of aliphatic hydroxyl groups is 1. The molecule has 0 aromatic carbocycles. The molecule has 3 atom stereocenters. The first-order valence-corrected chi connectivity index (χ1v) is 25.2. The average molecular weight is 814 g/mol. The summed E-state index contributed by atoms with van der Waals surface area (Å²) < 4.78 is 23.5. The molecule has 3 N–H and O–H groups in total. The van der Waals surface area contributed by atoms with E-state index in [0.717, 1.165) is 38.5 Å². The second-order valence-corrected chi connectivity index (χ2v) is 18.9. The van der Waals surface area contributed by atoms with Crippen molar-refractivity contribution in [1.29, 1.82) is 0 Å². The fourth-order valence-corrected chi connectivity index (χ4v) is 7.62. The lowest BCUT2D eigenvalue weighted by atomic mass is 10.0. The molecule has 0 radical (unpaired) electrons. The van der Waals surface area contributed by atoms with Gasteiger partial charge in [0.25, 0.3) is 0 Å². The number of hydrogen-bond donors (Lipinski definition) is 3. The van der Waals surface area contributed by atoms with Crippen molar-refractivity contribution in [2.75, 3.05) is 40.9 Å². The number of hydrogen-bond acceptors (Lipinski definition) is 5. The smallest absolute Gasteiger partial charge is 0.387 e. The van der Waals surface area contributed by atoms with Crippen molar-refractivity contribution in [2.24, 2.45) is 0 Å². The van der Waals surface area contributed by atoms with Gasteiger partial charge in [-0.2, -0.15) is 0 Å². The van der Waals surface area contributed by atoms with E-state index >= 15 is 0 Å². The van der Waals surface area contributed by atoms with Gasteiger partial charge in [-0.1, -0.05) is 205 Å². The zero-order valence-corrected chi connectivity index (χ0v) is 38.5. The van der Waals surface area contributed by atoms with Crippen LogP contribution >= 0.6 is 7.82 Å². The first kappa shape index (κ1) is 55.0. The molecule has 0 bridgehead atoms. The van der Waals surface area contributed by atoms with Gasteiger partial charge in [-0.25, -0.2) is 4.57 Å². The van der Waals surface area contributed by atoms with Crippen LogP contribution in [0.15, 0.2) is 24.3 Å². The van der Waals surface area contributed by atoms with Gasteiger partial charge in [-0.3, -0.25) is 13.8 Å². The number of quaternary nitrogens is 1. The molecule has 0 saturated heterocycles. The number of likely N-dealkylation sites (N-methyl/N-ethyl adjacent to an activating group) is 1. The lowest BCUT2D eigenvalue weighted by Gasteiger charge is -2.25. The minimum atomic E-state index is -4.34. The molecule has 1 unspecified atom stereocenters. The maximum atomic E-state index is 12.9. The Labute approximate surface area is 347 Å². The Kier molecular flexibility index (Phi) is 38.7. The van der Waals surface area contributed by atoms with E-state index in [2.05, 4.69) is 31.3 Å². The van der Waals surface area contributed by atoms with Crippen molar-refractivity contribution in [3.05, 3.63) is 24.3 Å². The molecule has 332 valence electrons. The van der Waals surface area contributed by atoms with E-state index < -0.39 is 20.0 Å². The monoisotopic (exact) mass is 814 g/mol. The molecule has 0 rings (SSSR count). The predicted molar refractivity (Wildman–Crippen MR) is 240 cm³/mol. The Morgan fingerprint density at radius 1 is 0.589 bits per heavy atom. The maximum Gasteiger partial charge on any atom is 0.472 e. The van der Waals surface area contributed by atoms with Crippen LogP contribution in [-0.2, 0) is 18.4 Å². The Balaban J connectivity index is 4.31. The van der Waals surface area contributed by atoms with Crippen LogP contribution < -0.4 is 5.32 Å². The van der Waals surface area contributed by atoms with E-state index in [1.807, 2.05) is 27.2 Å². The lowest BCUT2D eigenvalue weighted by Crippen LogP contribution is -2.45. The summed E-state index contributed by atoms with van der Waals surface area (Å²) in [6.07, 6.45) is 46.8. The molecule has 0 aromatic rings. The standard InChI is InChI=1S/C47H93N2O6P/c1-6-8-10-12-14-16-18-20-21-22-23-24-25-26-27-29-31-33-35-37-39-41-47(51)48-45(44-55-56(52,53)54-43-42-49(3,4)5)46(50)40-38-36-34-32-30-28-19-17-15-13-11-9-7-2/h30,32,38,40,45-46,50H,6-29,31,33-37,39,41-44H2,1-5H3,(H-,48,51,52,53)/p+1/b32-30+,40-38+/t45-,46+/m0/s1. The SMILES string of the molecule is CCCCCCCCC/C=C/CC/C=C/[C@@H](O)[C@H](COP(=O)(O)OCC[N+](C)(C)C)NC(=O)CCCCCCCCCCCCCCCCCCCCCCC. The number of carbonyl (C=O) groups excluding carboxylic acids is 1. The number of amides is 1. The van der Waals surface area contributed by atoms with Crippen LogP contribution in [0.4, 0.5) is 0 Å². The summed E-state index contributed by atoms with van der Waals surface area (Å²) in [5.41, 5.74) is 0. The lowest BCUT2D eigenvalue weighted by molar-refractivity contribution is -0.870. The molecule has 9 heteroatoms. The molecule has 8 nitrogen and oxygen atoms in total. The summed E-state index contributed by atoms with van der Waals surface area (Å²) in [4.78, 5) is 23.1. The third-order valence-corrected chi connectivity index (χ3v) is 11.7. The molecule has 0 heterocycles. The molecule has 1 amide bonds. The summed E-state index contributed by atoms with van der Waals surface area (Å²) in [7, 11) is 1.56. The highest BCUT2D eigenvalue weighted by Crippen LogP contribution is 2.43. The molecule has 0 saturated carbocycles. The third-order valence-electron chi connectivity index (χ3n) is 10.7. The van der Waals surface area contributed by atoms with E-state index in [4.69, 9.17) is 9.05 Å². The van der Waals surface area contributed by atoms with Crippen molar-refractivity contribution in [2.45, 2.75) is 231 Å². The highest BCUT2D eigenvalue weighted by Gasteiger charge is 2.27. The number of rotatable bonds is 43. The van der Waals surface area contributed by atoms with E-state index in [-0.39, 0.29) is 19.1 Å². The Morgan fingerprint density at radius 2 is 0.982 bits per heavy atom. The van der Waals surface area contributed by atoms with Crippen molar-refractivity contribution in [3.8, 4) is 0 Å². The van der Waals surface area contributed by atoms with Crippen LogP contribution in [0.3, 0.4) is 0 Å². The van der Waals surface area contributed by atoms with Gasteiger partial charge in [-0.05, 0) is 32.1 Å². The number of aliphatic hydroxyl groups excluding tert-OH is 1. The van der Waals surface area contributed by atoms with Crippen LogP contribution in [0.25, 0.3) is 0 Å². The number of carbonyl (C=O) groups is 1. The highest BCUT2D eigenvalue weighted by molar-refractivity contribution is 7.47. The van der Waals surface area contributed by atoms with Crippen molar-refractivity contribution in [1.82, 2.24) is 5.32 Å². The highest BCUT2D eigenvalue weighted by atomic mass is 31.2. The van der Waals surface area contributed by atoms with Crippen molar-refractivity contribution < 1.29 is 32.9 Å². The topological polar surface area (TPSA) is 105 Å². The van der Waals surface area contributed by atoms with Crippen LogP contribution in [-0.4, -0.2) is 73.4 Å². The Hall–Kier alpha value is -1.02. The fraction of sp³-hybridized carbons (Fsp3) is 0.894. The number of unbranched alkanes of at least 4 members (excludes halogenated alkanes) is 28. The zero-order valence-electron chi connectivity index (χ0n) is 37.6. The predicted octanol–water partition coefficient (Wildman–Crippen LogP) is 13.3. The van der Waals surface area contributed by atoms with Gasteiger partial charge in [0.2, 0.25) is 5.91 Å². The quantitative estimate of drug-likeness (QED) is 0.0245. The minimum Gasteiger partial charge on any atom is -0.387 e. The molecule has 0 aliphatic rings. The molecule has 0 spiro atoms. The Morgan fingerprint density at radius 3 is 1.43 bits per heavy atom. The average Bonchev–Trinajstić information content (AvgIpc) is 3.15. The summed E-state index contributed by atoms with van der Waals surface area (Å²) in [5.74, 6) is -0.184. The van der Waals surface area contributed by atoms with Gasteiger partial charge in [0.05, 0.1) is 39.9 Å². The van der Waals surface area contributed by atoms with Crippen molar-refractivity contribution in [3.63, 3.8) is 0 Å². The van der Waals surface area contributed by atoms with Gasteiger partial charge in [0.1, 0.15) is 13.2 Å². The van der Waals surface area contributed by atoms with Gasteiger partial charge in [-0.15, -0.1) is 0 Å².